The van der Waals surface area contributed by atoms with Gasteiger partial charge in [-0.1, -0.05) is 24.3 Å². The number of hydrazone groups is 1. The second-order valence-electron chi connectivity index (χ2n) is 13.8. The molecule has 0 saturated heterocycles. The monoisotopic (exact) mass is 1170 g/mol. The third-order valence-electron chi connectivity index (χ3n) is 9.07. The normalized spacial score (nSPS) is 13.6. The van der Waals surface area contributed by atoms with Crippen molar-refractivity contribution in [2.75, 3.05) is 26.3 Å². The molecule has 6 aromatic rings. The minimum Gasteiger partial charge on any atom is -0.477 e. The number of benzene rings is 4. The standard InChI is InChI=1S/C35H26Cl2N14O15S4.4Na/c1-15-21(41-35-45-31(37)44-34(47-35)40-19-7-3-5-9-24(19)69(61,62)63)13-17(67(55,56)57)14-22(15)51-28(52)26(27(50-51)29(53)54)49-48-20-11-10-16(12-25(20)70(64,65)66)38-32-42-30(36)43-33(46-32)39-18-6-2-4-8-23(18)68(58,59)60;;;;/h2-14,26H,1H3,(H,53,54)(H,55,56,57)(H,58,59,60)(H,61,62,63)(H,64,65,66)(H2,38,39,42,43,46)(H2,40,41,44,45,47);;;;. The fourth-order valence-electron chi connectivity index (χ4n) is 6.06. The van der Waals surface area contributed by atoms with Crippen molar-refractivity contribution in [3.63, 3.8) is 0 Å². The number of carboxylic acids is 1. The number of nitrogens with zero attached hydrogens (tertiary/aromatic N) is 10. The number of amides is 1. The molecule has 0 spiro atoms. The van der Waals surface area contributed by atoms with Crippen molar-refractivity contribution >= 4 is 257 Å². The van der Waals surface area contributed by atoms with E-state index in [0.29, 0.717) is 5.01 Å². The number of halogens is 2. The van der Waals surface area contributed by atoms with Gasteiger partial charge in [0.25, 0.3) is 46.4 Å². The van der Waals surface area contributed by atoms with E-state index in [4.69, 9.17) is 23.2 Å². The van der Waals surface area contributed by atoms with Crippen LogP contribution in [0.1, 0.15) is 5.56 Å². The molecule has 368 valence electrons. The first kappa shape index (κ1) is 64.8. The van der Waals surface area contributed by atoms with Crippen molar-refractivity contribution in [2.24, 2.45) is 15.3 Å². The third kappa shape index (κ3) is 15.8. The van der Waals surface area contributed by atoms with Crippen LogP contribution in [0.3, 0.4) is 0 Å². The van der Waals surface area contributed by atoms with Crippen LogP contribution in [-0.2, 0) is 50.1 Å². The molecule has 0 saturated carbocycles. The number of carbonyl (C=O) groups excluding carboxylic acids is 1. The summed E-state index contributed by atoms with van der Waals surface area (Å²) in [6.45, 7) is 1.28. The predicted molar refractivity (Wildman–Crippen MR) is 266 cm³/mol. The van der Waals surface area contributed by atoms with Gasteiger partial charge in [-0.3, -0.25) is 23.0 Å². The van der Waals surface area contributed by atoms with Crippen LogP contribution in [0.4, 0.5) is 57.9 Å². The van der Waals surface area contributed by atoms with Gasteiger partial charge in [0.15, 0.2) is 5.71 Å². The van der Waals surface area contributed by atoms with Gasteiger partial charge in [-0.05, 0) is 90.3 Å². The molecule has 0 fully saturated rings. The molecule has 1 aliphatic rings. The molecule has 9 N–H and O–H groups in total. The first-order chi connectivity index (χ1) is 32.6. The molecule has 3 heterocycles. The number of anilines is 9. The maximum Gasteiger partial charge on any atom is 0.355 e. The molecular weight excluding hydrogens is 1150 g/mol. The van der Waals surface area contributed by atoms with Crippen molar-refractivity contribution in [3.05, 3.63) is 95.0 Å². The fourth-order valence-corrected chi connectivity index (χ4v) is 8.85. The summed E-state index contributed by atoms with van der Waals surface area (Å²) in [5.41, 5.74) is -3.05. The van der Waals surface area contributed by atoms with E-state index < -0.39 is 118 Å². The van der Waals surface area contributed by atoms with Crippen LogP contribution in [0.25, 0.3) is 0 Å². The van der Waals surface area contributed by atoms with Crippen molar-refractivity contribution in [2.45, 2.75) is 32.5 Å². The van der Waals surface area contributed by atoms with E-state index in [1.807, 2.05) is 0 Å². The first-order valence-corrected chi connectivity index (χ1v) is 25.0. The Kier molecular flexibility index (Phi) is 22.6. The average Bonchev–Trinajstić information content (AvgIpc) is 3.57. The Balaban J connectivity index is 0.00000361. The Morgan fingerprint density at radius 1 is 0.595 bits per heavy atom. The summed E-state index contributed by atoms with van der Waals surface area (Å²) in [6, 6.07) is 12.5. The van der Waals surface area contributed by atoms with E-state index in [-0.39, 0.29) is 158 Å². The minimum atomic E-state index is -5.21. The van der Waals surface area contributed by atoms with Crippen molar-refractivity contribution in [1.82, 2.24) is 29.9 Å². The van der Waals surface area contributed by atoms with E-state index in [1.54, 1.807) is 0 Å². The summed E-state index contributed by atoms with van der Waals surface area (Å²) < 4.78 is 137. The van der Waals surface area contributed by atoms with Crippen LogP contribution < -0.4 is 26.3 Å². The molecule has 4 radical (unpaired) electrons. The zero-order valence-electron chi connectivity index (χ0n) is 38.3. The topological polar surface area (TPSA) is 438 Å². The molecule has 1 aliphatic heterocycles. The smallest absolute Gasteiger partial charge is 0.355 e. The molecule has 2 aromatic heterocycles. The Bertz CT molecular complexity index is 3730. The maximum absolute atomic E-state index is 14.0. The number of carbonyl (C=O) groups is 2. The molecule has 1 amide bonds. The Morgan fingerprint density at radius 3 is 1.49 bits per heavy atom. The van der Waals surface area contributed by atoms with Gasteiger partial charge in [0.05, 0.1) is 22.0 Å². The SMILES string of the molecule is Cc1c(Nc2nc(Cl)nc(Nc3ccccc3S(=O)(=O)O)n2)cc(S(=O)(=O)O)cc1N1N=C(C(=O)O)C(N=Nc2ccc(Nc3nc(Cl)nc(Nc4ccccc4S(=O)(=O)O)n3)cc2S(=O)(=O)O)C1=O.[Na].[Na].[Na].[Na]. The summed E-state index contributed by atoms with van der Waals surface area (Å²) in [6.07, 6.45) is 0. The van der Waals surface area contributed by atoms with Crippen LogP contribution >= 0.6 is 23.2 Å². The second-order valence-corrected chi connectivity index (χ2v) is 20.0. The van der Waals surface area contributed by atoms with Gasteiger partial charge in [0.1, 0.15) is 20.4 Å². The third-order valence-corrected chi connectivity index (χ3v) is 12.9. The number of carboxylic acid groups (broad SMARTS) is 1. The van der Waals surface area contributed by atoms with Crippen LogP contribution in [0.15, 0.2) is 114 Å². The van der Waals surface area contributed by atoms with Gasteiger partial charge < -0.3 is 26.4 Å². The molecule has 7 rings (SSSR count). The van der Waals surface area contributed by atoms with E-state index in [2.05, 4.69) is 66.5 Å². The zero-order valence-corrected chi connectivity index (χ0v) is 51.0. The molecule has 0 aliphatic carbocycles. The number of rotatable bonds is 16. The molecule has 1 atom stereocenters. The number of azo groups is 1. The number of nitrogens with one attached hydrogen (secondary N) is 4. The van der Waals surface area contributed by atoms with E-state index >= 15 is 0 Å². The molecule has 39 heteroatoms. The van der Waals surface area contributed by atoms with Gasteiger partial charge in [0, 0.05) is 130 Å². The molecule has 29 nitrogen and oxygen atoms in total. The summed E-state index contributed by atoms with van der Waals surface area (Å²) in [5, 5.41) is 31.1. The van der Waals surface area contributed by atoms with Crippen LogP contribution in [-0.4, -0.2) is 229 Å². The van der Waals surface area contributed by atoms with Gasteiger partial charge in [-0.2, -0.15) is 83.9 Å². The van der Waals surface area contributed by atoms with Gasteiger partial charge >= 0.3 is 5.97 Å². The Morgan fingerprint density at radius 2 is 1.04 bits per heavy atom. The summed E-state index contributed by atoms with van der Waals surface area (Å²) >= 11 is 12.1. The first-order valence-electron chi connectivity index (χ1n) is 18.5. The number of aliphatic carboxylic acids is 1. The van der Waals surface area contributed by atoms with E-state index in [1.165, 1.54) is 43.3 Å². The minimum absolute atomic E-state index is 0. The molecule has 4 aromatic carbocycles. The molecule has 0 bridgehead atoms. The number of hydrogen-bond acceptors (Lipinski definition) is 23. The predicted octanol–water partition coefficient (Wildman–Crippen LogP) is 3.05. The molecule has 74 heavy (non-hydrogen) atoms. The van der Waals surface area contributed by atoms with Crippen LogP contribution in [0.5, 0.6) is 0 Å². The molecular formula is C35H26Cl2N14Na4O15S4. The van der Waals surface area contributed by atoms with Crippen molar-refractivity contribution in [3.8, 4) is 0 Å². The fraction of sp³-hybridized carbons (Fsp3) is 0.0571. The van der Waals surface area contributed by atoms with Gasteiger partial charge in [-0.25, -0.2) is 4.79 Å². The Hall–Kier alpha value is -3.47. The quantitative estimate of drug-likeness (QED) is 0.0382. The van der Waals surface area contributed by atoms with E-state index in [0.717, 1.165) is 42.5 Å². The summed E-state index contributed by atoms with van der Waals surface area (Å²) in [4.78, 5) is 47.0. The van der Waals surface area contributed by atoms with Crippen LogP contribution in [0, 0.1) is 6.92 Å². The Labute approximate surface area is 516 Å². The van der Waals surface area contributed by atoms with E-state index in [9.17, 15) is 66.6 Å². The van der Waals surface area contributed by atoms with Gasteiger partial charge in [0.2, 0.25) is 40.4 Å². The van der Waals surface area contributed by atoms with Crippen molar-refractivity contribution in [1.29, 1.82) is 0 Å². The summed E-state index contributed by atoms with van der Waals surface area (Å²) in [7, 11) is -19.8. The van der Waals surface area contributed by atoms with Crippen LogP contribution in [0.2, 0.25) is 10.6 Å². The van der Waals surface area contributed by atoms with Gasteiger partial charge in [-0.15, -0.1) is 0 Å². The molecule has 1 unspecified atom stereocenters. The number of aromatic nitrogens is 6. The number of hydrogen-bond donors (Lipinski definition) is 9. The number of para-hydroxylation sites is 2. The van der Waals surface area contributed by atoms with Crippen molar-refractivity contribution < 1.29 is 66.6 Å². The maximum atomic E-state index is 14.0. The zero-order chi connectivity index (χ0) is 51.1. The summed E-state index contributed by atoms with van der Waals surface area (Å²) in [5.74, 6) is -4.72. The largest absolute Gasteiger partial charge is 0.477 e. The second kappa shape index (κ2) is 25.8. The average molecular weight is 1170 g/mol.